The number of hydrogen-bond donors (Lipinski definition) is 1. The van der Waals surface area contributed by atoms with Crippen LogP contribution >= 0.6 is 11.3 Å². The van der Waals surface area contributed by atoms with Crippen LogP contribution in [0.1, 0.15) is 36.2 Å². The predicted octanol–water partition coefficient (Wildman–Crippen LogP) is 3.81. The number of rotatable bonds is 6. The van der Waals surface area contributed by atoms with Crippen molar-refractivity contribution in [3.8, 4) is 6.07 Å². The molecule has 0 aliphatic carbocycles. The maximum atomic E-state index is 12.4. The molecule has 1 amide bonds. The van der Waals surface area contributed by atoms with Crippen molar-refractivity contribution in [2.24, 2.45) is 11.8 Å². The van der Waals surface area contributed by atoms with Gasteiger partial charge < -0.3 is 15.0 Å². The molecule has 0 radical (unpaired) electrons. The molecule has 3 rings (SSSR count). The van der Waals surface area contributed by atoms with Crippen LogP contribution in [0.2, 0.25) is 0 Å². The Labute approximate surface area is 183 Å². The van der Waals surface area contributed by atoms with Crippen LogP contribution < -0.4 is 10.2 Å². The van der Waals surface area contributed by atoms with E-state index in [1.54, 1.807) is 17.5 Å². The molecule has 31 heavy (non-hydrogen) atoms. The van der Waals surface area contributed by atoms with E-state index in [0.29, 0.717) is 41.2 Å². The van der Waals surface area contributed by atoms with Crippen LogP contribution in [-0.2, 0) is 9.53 Å². The van der Waals surface area contributed by atoms with E-state index >= 15 is 0 Å². The standard InChI is InChI=1S/C21H22N4O5S/c1-13-7-14(2)11-24(10-13)17-4-3-15(8-18(17)25(28)29)21(27)30-12-19(26)23-20-16(9-22)5-6-31-20/h3-6,8,13-14H,7,10-12H2,1-2H3,(H,23,26)/t13-,14+. The summed E-state index contributed by atoms with van der Waals surface area (Å²) in [6, 6.07) is 7.73. The molecule has 1 aromatic heterocycles. The number of piperidine rings is 1. The smallest absolute Gasteiger partial charge is 0.338 e. The monoisotopic (exact) mass is 442 g/mol. The predicted molar refractivity (Wildman–Crippen MR) is 116 cm³/mol. The maximum absolute atomic E-state index is 12.4. The zero-order valence-corrected chi connectivity index (χ0v) is 18.0. The summed E-state index contributed by atoms with van der Waals surface area (Å²) >= 11 is 1.18. The van der Waals surface area contributed by atoms with E-state index in [1.807, 2.05) is 11.0 Å². The number of esters is 1. The lowest BCUT2D eigenvalue weighted by molar-refractivity contribution is -0.384. The van der Waals surface area contributed by atoms with Crippen LogP contribution in [-0.4, -0.2) is 36.5 Å². The first-order valence-corrected chi connectivity index (χ1v) is 10.6. The van der Waals surface area contributed by atoms with Gasteiger partial charge in [0.1, 0.15) is 16.8 Å². The molecule has 0 saturated carbocycles. The van der Waals surface area contributed by atoms with Gasteiger partial charge in [0, 0.05) is 19.2 Å². The number of ether oxygens (including phenoxy) is 1. The quantitative estimate of drug-likeness (QED) is 0.409. The number of carbonyl (C=O) groups excluding carboxylic acids is 2. The molecule has 2 aromatic rings. The lowest BCUT2D eigenvalue weighted by Gasteiger charge is -2.36. The summed E-state index contributed by atoms with van der Waals surface area (Å²) in [6.45, 7) is 5.07. The van der Waals surface area contributed by atoms with Gasteiger partial charge in [-0.2, -0.15) is 5.26 Å². The van der Waals surface area contributed by atoms with Crippen LogP contribution in [0.5, 0.6) is 0 Å². The molecular weight excluding hydrogens is 420 g/mol. The fraction of sp³-hybridized carbons (Fsp3) is 0.381. The van der Waals surface area contributed by atoms with E-state index in [0.717, 1.165) is 6.42 Å². The Hall–Kier alpha value is -3.45. The number of hydrogen-bond acceptors (Lipinski definition) is 8. The highest BCUT2D eigenvalue weighted by Crippen LogP contribution is 2.34. The summed E-state index contributed by atoms with van der Waals surface area (Å²) in [5.74, 6) is -0.612. The second-order valence-electron chi connectivity index (χ2n) is 7.71. The number of carbonyl (C=O) groups is 2. The van der Waals surface area contributed by atoms with E-state index in [-0.39, 0.29) is 11.3 Å². The van der Waals surface area contributed by atoms with Gasteiger partial charge in [0.25, 0.3) is 11.6 Å². The SMILES string of the molecule is C[C@@H]1C[C@H](C)CN(c2ccc(C(=O)OCC(=O)Nc3sccc3C#N)cc2[N+](=O)[O-])C1. The molecule has 1 aliphatic rings. The first-order chi connectivity index (χ1) is 14.8. The molecular formula is C21H22N4O5S. The number of benzene rings is 1. The highest BCUT2D eigenvalue weighted by molar-refractivity contribution is 7.14. The van der Waals surface area contributed by atoms with Gasteiger partial charge in [-0.15, -0.1) is 11.3 Å². The first kappa shape index (κ1) is 22.2. The Kier molecular flexibility index (Phi) is 6.87. The van der Waals surface area contributed by atoms with Crippen molar-refractivity contribution in [3.63, 3.8) is 0 Å². The fourth-order valence-electron chi connectivity index (χ4n) is 3.79. The van der Waals surface area contributed by atoms with E-state index < -0.39 is 23.4 Å². The summed E-state index contributed by atoms with van der Waals surface area (Å²) in [5.41, 5.74) is 0.615. The third-order valence-corrected chi connectivity index (χ3v) is 5.82. The summed E-state index contributed by atoms with van der Waals surface area (Å²) in [5, 5.41) is 25.1. The van der Waals surface area contributed by atoms with Crippen LogP contribution in [0.4, 0.5) is 16.4 Å². The molecule has 2 heterocycles. The minimum atomic E-state index is -0.836. The molecule has 1 aromatic carbocycles. The van der Waals surface area contributed by atoms with Crippen molar-refractivity contribution in [1.82, 2.24) is 0 Å². The van der Waals surface area contributed by atoms with Gasteiger partial charge in [-0.3, -0.25) is 14.9 Å². The number of anilines is 2. The molecule has 1 saturated heterocycles. The number of amides is 1. The Morgan fingerprint density at radius 1 is 1.32 bits per heavy atom. The van der Waals surface area contributed by atoms with Gasteiger partial charge in [-0.05, 0) is 41.8 Å². The van der Waals surface area contributed by atoms with Gasteiger partial charge in [0.2, 0.25) is 0 Å². The van der Waals surface area contributed by atoms with E-state index in [1.165, 1.54) is 23.5 Å². The van der Waals surface area contributed by atoms with Crippen molar-refractivity contribution in [2.45, 2.75) is 20.3 Å². The third-order valence-electron chi connectivity index (χ3n) is 4.99. The molecule has 10 heteroatoms. The first-order valence-electron chi connectivity index (χ1n) is 9.76. The topological polar surface area (TPSA) is 126 Å². The van der Waals surface area contributed by atoms with Crippen LogP contribution in [0.15, 0.2) is 29.6 Å². The Balaban J connectivity index is 1.68. The van der Waals surface area contributed by atoms with Gasteiger partial charge >= 0.3 is 5.97 Å². The zero-order valence-electron chi connectivity index (χ0n) is 17.2. The zero-order chi connectivity index (χ0) is 22.5. The summed E-state index contributed by atoms with van der Waals surface area (Å²) in [6.07, 6.45) is 1.07. The Morgan fingerprint density at radius 3 is 2.68 bits per heavy atom. The van der Waals surface area contributed by atoms with E-state index in [2.05, 4.69) is 19.2 Å². The van der Waals surface area contributed by atoms with E-state index in [4.69, 9.17) is 10.00 Å². The van der Waals surface area contributed by atoms with Crippen LogP contribution in [0.25, 0.3) is 0 Å². The average molecular weight is 442 g/mol. The fourth-order valence-corrected chi connectivity index (χ4v) is 4.55. The van der Waals surface area contributed by atoms with Crippen molar-refractivity contribution in [3.05, 3.63) is 50.9 Å². The van der Waals surface area contributed by atoms with E-state index in [9.17, 15) is 19.7 Å². The second-order valence-corrected chi connectivity index (χ2v) is 8.63. The Bertz CT molecular complexity index is 1030. The average Bonchev–Trinajstić information content (AvgIpc) is 3.17. The van der Waals surface area contributed by atoms with Crippen molar-refractivity contribution in [2.75, 3.05) is 29.9 Å². The summed E-state index contributed by atoms with van der Waals surface area (Å²) in [4.78, 5) is 37.5. The molecule has 1 N–H and O–H groups in total. The highest BCUT2D eigenvalue weighted by atomic mass is 32.1. The molecule has 2 atom stereocenters. The number of nitrogens with zero attached hydrogens (tertiary/aromatic N) is 3. The maximum Gasteiger partial charge on any atom is 0.338 e. The summed E-state index contributed by atoms with van der Waals surface area (Å²) < 4.78 is 5.00. The lowest BCUT2D eigenvalue weighted by Crippen LogP contribution is -2.39. The number of nitro benzene ring substituents is 1. The molecule has 0 spiro atoms. The number of thiophene rings is 1. The molecule has 1 aliphatic heterocycles. The van der Waals surface area contributed by atoms with Gasteiger partial charge in [-0.1, -0.05) is 13.8 Å². The number of nitro groups is 1. The highest BCUT2D eigenvalue weighted by Gasteiger charge is 2.28. The normalized spacial score (nSPS) is 18.2. The minimum absolute atomic E-state index is 0.00445. The third kappa shape index (κ3) is 5.38. The minimum Gasteiger partial charge on any atom is -0.452 e. The largest absolute Gasteiger partial charge is 0.452 e. The van der Waals surface area contributed by atoms with Crippen molar-refractivity contribution >= 4 is 39.6 Å². The molecule has 162 valence electrons. The second kappa shape index (κ2) is 9.57. The van der Waals surface area contributed by atoms with Gasteiger partial charge in [0.05, 0.1) is 16.1 Å². The molecule has 9 nitrogen and oxygen atoms in total. The van der Waals surface area contributed by atoms with Crippen molar-refractivity contribution < 1.29 is 19.2 Å². The van der Waals surface area contributed by atoms with Gasteiger partial charge in [0.15, 0.2) is 6.61 Å². The molecule has 1 fully saturated rings. The van der Waals surface area contributed by atoms with Crippen LogP contribution in [0, 0.1) is 33.3 Å². The molecule has 0 bridgehead atoms. The van der Waals surface area contributed by atoms with Gasteiger partial charge in [-0.25, -0.2) is 4.79 Å². The molecule has 0 unspecified atom stereocenters. The number of nitriles is 1. The summed E-state index contributed by atoms with van der Waals surface area (Å²) in [7, 11) is 0. The van der Waals surface area contributed by atoms with Crippen molar-refractivity contribution in [1.29, 1.82) is 5.26 Å². The number of nitrogens with one attached hydrogen (secondary N) is 1. The lowest BCUT2D eigenvalue weighted by atomic mass is 9.91. The van der Waals surface area contributed by atoms with Crippen LogP contribution in [0.3, 0.4) is 0 Å². The Morgan fingerprint density at radius 2 is 2.03 bits per heavy atom.